The van der Waals surface area contributed by atoms with Gasteiger partial charge in [-0.15, -0.1) is 0 Å². The first-order chi connectivity index (χ1) is 12.7. The minimum absolute atomic E-state index is 0.166. The van der Waals surface area contributed by atoms with Crippen LogP contribution in [0.4, 0.5) is 11.4 Å². The molecule has 2 aromatic rings. The van der Waals surface area contributed by atoms with Gasteiger partial charge in [0.1, 0.15) is 0 Å². The largest absolute Gasteiger partial charge is 0.462 e. The van der Waals surface area contributed by atoms with Crippen molar-refractivity contribution in [1.82, 2.24) is 4.98 Å². The number of nitrogens with one attached hydrogen (secondary N) is 3. The molecule has 0 spiro atoms. The van der Waals surface area contributed by atoms with E-state index in [1.807, 2.05) is 6.07 Å². The number of hydrogen-bond acceptors (Lipinski definition) is 5. The minimum Gasteiger partial charge on any atom is -0.462 e. The summed E-state index contributed by atoms with van der Waals surface area (Å²) in [6.07, 6.45) is 0. The molecule has 0 aliphatic heterocycles. The number of ether oxygens (including phenoxy) is 1. The quantitative estimate of drug-likeness (QED) is 0.511. The molecule has 0 bridgehead atoms. The summed E-state index contributed by atoms with van der Waals surface area (Å²) in [4.78, 5) is 39.2. The molecule has 0 aliphatic carbocycles. The van der Waals surface area contributed by atoms with Gasteiger partial charge in [0.15, 0.2) is 0 Å². The van der Waals surface area contributed by atoms with Crippen molar-refractivity contribution in [2.45, 2.75) is 40.7 Å². The predicted octanol–water partition coefficient (Wildman–Crippen LogP) is 3.45. The highest BCUT2D eigenvalue weighted by molar-refractivity contribution is 6.04. The Bertz CT molecular complexity index is 870. The number of rotatable bonds is 7. The molecule has 1 amide bonds. The van der Waals surface area contributed by atoms with Gasteiger partial charge >= 0.3 is 5.97 Å². The fourth-order valence-electron chi connectivity index (χ4n) is 2.93. The molecule has 2 rings (SSSR count). The Hall–Kier alpha value is -3.09. The molecular weight excluding hydrogens is 346 g/mol. The first-order valence-corrected chi connectivity index (χ1v) is 8.79. The zero-order valence-corrected chi connectivity index (χ0v) is 16.2. The maximum atomic E-state index is 12.9. The summed E-state index contributed by atoms with van der Waals surface area (Å²) >= 11 is 0. The van der Waals surface area contributed by atoms with E-state index in [0.29, 0.717) is 33.9 Å². The van der Waals surface area contributed by atoms with E-state index in [-0.39, 0.29) is 18.3 Å². The van der Waals surface area contributed by atoms with E-state index in [4.69, 9.17) is 4.74 Å². The molecule has 1 aromatic carbocycles. The molecule has 0 radical (unpaired) electrons. The average Bonchev–Trinajstić information content (AvgIpc) is 2.88. The van der Waals surface area contributed by atoms with Gasteiger partial charge in [-0.3, -0.25) is 9.59 Å². The van der Waals surface area contributed by atoms with Gasteiger partial charge in [-0.1, -0.05) is 6.07 Å². The number of Topliss-reactive ketones (excluding diaryl/α,β-unsaturated/α-hetero) is 1. The smallest absolute Gasteiger partial charge is 0.340 e. The summed E-state index contributed by atoms with van der Waals surface area (Å²) in [6, 6.07) is 6.58. The van der Waals surface area contributed by atoms with Crippen molar-refractivity contribution in [1.29, 1.82) is 0 Å². The lowest BCUT2D eigenvalue weighted by Gasteiger charge is -2.15. The standard InChI is InChI=1S/C20H25N3O4/c1-6-27-20(26)17-11(2)18(22-12(17)3)19(25)13(4)21-15-8-7-9-16(10-15)23-14(5)24/h7-10,13,21-22H,6H2,1-5H3,(H,23,24)/t13-/m1/s1. The van der Waals surface area contributed by atoms with Gasteiger partial charge in [-0.25, -0.2) is 4.79 Å². The Balaban J connectivity index is 2.20. The number of aromatic nitrogens is 1. The third kappa shape index (κ3) is 4.75. The van der Waals surface area contributed by atoms with Gasteiger partial charge in [0, 0.05) is 24.0 Å². The molecule has 0 unspecified atom stereocenters. The second-order valence-electron chi connectivity index (χ2n) is 6.34. The Kier molecular flexibility index (Phi) is 6.39. The maximum absolute atomic E-state index is 12.9. The topological polar surface area (TPSA) is 100 Å². The molecule has 7 nitrogen and oxygen atoms in total. The highest BCUT2D eigenvalue weighted by Crippen LogP contribution is 2.22. The van der Waals surface area contributed by atoms with E-state index in [1.54, 1.807) is 45.9 Å². The minimum atomic E-state index is -0.538. The molecule has 3 N–H and O–H groups in total. The third-order valence-corrected chi connectivity index (χ3v) is 4.12. The van der Waals surface area contributed by atoms with Crippen LogP contribution in [0.25, 0.3) is 0 Å². The summed E-state index contributed by atoms with van der Waals surface area (Å²) in [5, 5.41) is 5.83. The number of benzene rings is 1. The Morgan fingerprint density at radius 1 is 1.19 bits per heavy atom. The zero-order valence-electron chi connectivity index (χ0n) is 16.2. The van der Waals surface area contributed by atoms with Crippen LogP contribution in [0.1, 0.15) is 52.9 Å². The van der Waals surface area contributed by atoms with Crippen molar-refractivity contribution >= 4 is 29.0 Å². The monoisotopic (exact) mass is 371 g/mol. The fraction of sp³-hybridized carbons (Fsp3) is 0.350. The molecule has 0 fully saturated rings. The van der Waals surface area contributed by atoms with Crippen molar-refractivity contribution in [3.63, 3.8) is 0 Å². The number of aromatic amines is 1. The van der Waals surface area contributed by atoms with E-state index in [1.165, 1.54) is 6.92 Å². The van der Waals surface area contributed by atoms with Crippen LogP contribution in [0.15, 0.2) is 24.3 Å². The number of aryl methyl sites for hydroxylation is 1. The van der Waals surface area contributed by atoms with Crippen LogP contribution in [-0.2, 0) is 9.53 Å². The SMILES string of the molecule is CCOC(=O)c1c(C)[nH]c(C(=O)[C@@H](C)Nc2cccc(NC(C)=O)c2)c1C. The number of esters is 1. The highest BCUT2D eigenvalue weighted by Gasteiger charge is 2.25. The zero-order chi connectivity index (χ0) is 20.1. The van der Waals surface area contributed by atoms with Crippen LogP contribution < -0.4 is 10.6 Å². The van der Waals surface area contributed by atoms with Crippen LogP contribution in [0.2, 0.25) is 0 Å². The Labute approximate surface area is 158 Å². The summed E-state index contributed by atoms with van der Waals surface area (Å²) in [6.45, 7) is 8.66. The predicted molar refractivity (Wildman–Crippen MR) is 104 cm³/mol. The van der Waals surface area contributed by atoms with Gasteiger partial charge in [-0.2, -0.15) is 0 Å². The van der Waals surface area contributed by atoms with Crippen molar-refractivity contribution in [3.8, 4) is 0 Å². The molecule has 144 valence electrons. The number of carbonyl (C=O) groups excluding carboxylic acids is 3. The molecule has 0 aliphatic rings. The summed E-state index contributed by atoms with van der Waals surface area (Å²) in [5.41, 5.74) is 3.32. The van der Waals surface area contributed by atoms with Crippen LogP contribution in [-0.4, -0.2) is 35.3 Å². The van der Waals surface area contributed by atoms with Crippen LogP contribution in [0, 0.1) is 13.8 Å². The summed E-state index contributed by atoms with van der Waals surface area (Å²) in [5.74, 6) is -0.775. The van der Waals surface area contributed by atoms with Crippen molar-refractivity contribution in [3.05, 3.63) is 46.8 Å². The molecule has 1 atom stereocenters. The Morgan fingerprint density at radius 2 is 1.85 bits per heavy atom. The van der Waals surface area contributed by atoms with Gasteiger partial charge in [0.25, 0.3) is 0 Å². The van der Waals surface area contributed by atoms with Gasteiger partial charge in [0.2, 0.25) is 11.7 Å². The summed E-state index contributed by atoms with van der Waals surface area (Å²) < 4.78 is 5.06. The van der Waals surface area contributed by atoms with E-state index >= 15 is 0 Å². The molecule has 1 heterocycles. The second kappa shape index (κ2) is 8.53. The molecular formula is C20H25N3O4. The third-order valence-electron chi connectivity index (χ3n) is 4.12. The van der Waals surface area contributed by atoms with Gasteiger partial charge in [-0.05, 0) is 51.5 Å². The van der Waals surface area contributed by atoms with Crippen LogP contribution in [0.5, 0.6) is 0 Å². The van der Waals surface area contributed by atoms with Gasteiger partial charge < -0.3 is 20.4 Å². The molecule has 0 saturated heterocycles. The lowest BCUT2D eigenvalue weighted by Crippen LogP contribution is -2.27. The van der Waals surface area contributed by atoms with E-state index in [0.717, 1.165) is 0 Å². The van der Waals surface area contributed by atoms with Gasteiger partial charge in [0.05, 0.1) is 23.9 Å². The maximum Gasteiger partial charge on any atom is 0.340 e. The Morgan fingerprint density at radius 3 is 2.48 bits per heavy atom. The highest BCUT2D eigenvalue weighted by atomic mass is 16.5. The normalized spacial score (nSPS) is 11.6. The van der Waals surface area contributed by atoms with E-state index in [9.17, 15) is 14.4 Å². The van der Waals surface area contributed by atoms with E-state index < -0.39 is 12.0 Å². The number of H-pyrrole nitrogens is 1. The number of ketones is 1. The first-order valence-electron chi connectivity index (χ1n) is 8.79. The molecule has 1 aromatic heterocycles. The van der Waals surface area contributed by atoms with Crippen molar-refractivity contribution < 1.29 is 19.1 Å². The lowest BCUT2D eigenvalue weighted by molar-refractivity contribution is -0.114. The van der Waals surface area contributed by atoms with Crippen LogP contribution in [0.3, 0.4) is 0 Å². The van der Waals surface area contributed by atoms with Crippen molar-refractivity contribution in [2.24, 2.45) is 0 Å². The number of anilines is 2. The van der Waals surface area contributed by atoms with E-state index in [2.05, 4.69) is 15.6 Å². The molecule has 0 saturated carbocycles. The lowest BCUT2D eigenvalue weighted by atomic mass is 10.0. The van der Waals surface area contributed by atoms with Crippen LogP contribution >= 0.6 is 0 Å². The molecule has 27 heavy (non-hydrogen) atoms. The summed E-state index contributed by atoms with van der Waals surface area (Å²) in [7, 11) is 0. The number of hydrogen-bond donors (Lipinski definition) is 3. The van der Waals surface area contributed by atoms with Crippen molar-refractivity contribution in [2.75, 3.05) is 17.2 Å². The number of amides is 1. The number of carbonyl (C=O) groups is 3. The first kappa shape index (κ1) is 20.2. The average molecular weight is 371 g/mol. The second-order valence-corrected chi connectivity index (χ2v) is 6.34. The fourth-order valence-corrected chi connectivity index (χ4v) is 2.93. The molecule has 7 heteroatoms.